The molecular weight excluding hydrogens is 949 g/mol. The van der Waals surface area contributed by atoms with Gasteiger partial charge in [-0.3, -0.25) is 14.4 Å². The second kappa shape index (κ2) is 63.8. The van der Waals surface area contributed by atoms with Crippen LogP contribution < -0.4 is 0 Å². The summed E-state index contributed by atoms with van der Waals surface area (Å²) in [7, 11) is 0. The van der Waals surface area contributed by atoms with Gasteiger partial charge < -0.3 is 14.2 Å². The Kier molecular flexibility index (Phi) is 59.9. The smallest absolute Gasteiger partial charge is 0.306 e. The molecule has 0 bridgehead atoms. The number of ether oxygens (including phenoxy) is 3. The van der Waals surface area contributed by atoms with Gasteiger partial charge in [0.05, 0.1) is 0 Å². The minimum atomic E-state index is -0.856. The van der Waals surface area contributed by atoms with Crippen molar-refractivity contribution in [2.75, 3.05) is 13.2 Å². The number of carbonyl (C=O) groups excluding carboxylic acids is 3. The Hall–Kier alpha value is -4.71. The van der Waals surface area contributed by atoms with Crippen molar-refractivity contribution < 1.29 is 28.6 Å². The second-order valence-corrected chi connectivity index (χ2v) is 20.2. The van der Waals surface area contributed by atoms with Gasteiger partial charge in [-0.15, -0.1) is 0 Å². The molecule has 0 spiro atoms. The van der Waals surface area contributed by atoms with Crippen molar-refractivity contribution in [2.24, 2.45) is 0 Å². The first kappa shape index (κ1) is 72.3. The number of carbonyl (C=O) groups is 3. The number of esters is 3. The molecule has 0 saturated heterocycles. The number of rotatable bonds is 55. The van der Waals surface area contributed by atoms with Crippen molar-refractivity contribution in [3.05, 3.63) is 146 Å². The molecule has 0 fully saturated rings. The number of allylic oxidation sites excluding steroid dienone is 24. The molecule has 0 aromatic rings. The monoisotopic (exact) mass is 1060 g/mol. The molecule has 6 nitrogen and oxygen atoms in total. The van der Waals surface area contributed by atoms with Gasteiger partial charge in [-0.25, -0.2) is 0 Å². The highest BCUT2D eigenvalue weighted by Gasteiger charge is 2.19. The summed E-state index contributed by atoms with van der Waals surface area (Å²) >= 11 is 0. The van der Waals surface area contributed by atoms with Crippen molar-refractivity contribution in [1.82, 2.24) is 0 Å². The molecule has 434 valence electrons. The van der Waals surface area contributed by atoms with Crippen molar-refractivity contribution in [3.8, 4) is 0 Å². The highest BCUT2D eigenvalue weighted by atomic mass is 16.6. The van der Waals surface area contributed by atoms with E-state index in [0.717, 1.165) is 83.5 Å². The quantitative estimate of drug-likeness (QED) is 0.0261. The van der Waals surface area contributed by atoms with E-state index in [2.05, 4.69) is 142 Å². The van der Waals surface area contributed by atoms with Crippen LogP contribution in [0.25, 0.3) is 0 Å². The number of hydrogen-bond acceptors (Lipinski definition) is 6. The third-order valence-corrected chi connectivity index (χ3v) is 12.8. The minimum Gasteiger partial charge on any atom is -0.462 e. The first-order valence-electron chi connectivity index (χ1n) is 31.3. The van der Waals surface area contributed by atoms with Crippen LogP contribution in [0.3, 0.4) is 0 Å². The lowest BCUT2D eigenvalue weighted by atomic mass is 10.0. The topological polar surface area (TPSA) is 78.9 Å². The molecule has 0 aliphatic heterocycles. The molecule has 0 aromatic carbocycles. The molecule has 0 amide bonds. The van der Waals surface area contributed by atoms with Gasteiger partial charge >= 0.3 is 17.9 Å². The molecule has 0 aromatic heterocycles. The van der Waals surface area contributed by atoms with Crippen LogP contribution >= 0.6 is 0 Å². The fourth-order valence-electron chi connectivity index (χ4n) is 8.15. The van der Waals surface area contributed by atoms with Crippen LogP contribution in [0.1, 0.15) is 265 Å². The van der Waals surface area contributed by atoms with Crippen LogP contribution in [0.15, 0.2) is 146 Å². The van der Waals surface area contributed by atoms with E-state index in [9.17, 15) is 14.4 Å². The largest absolute Gasteiger partial charge is 0.462 e. The van der Waals surface area contributed by atoms with Crippen LogP contribution in [0.5, 0.6) is 0 Å². The lowest BCUT2D eigenvalue weighted by Crippen LogP contribution is -2.30. The molecule has 0 aliphatic carbocycles. The summed E-state index contributed by atoms with van der Waals surface area (Å²) in [5.41, 5.74) is 0. The summed E-state index contributed by atoms with van der Waals surface area (Å²) < 4.78 is 16.8. The maximum absolute atomic E-state index is 12.9. The van der Waals surface area contributed by atoms with Crippen molar-refractivity contribution in [2.45, 2.75) is 271 Å². The van der Waals surface area contributed by atoms with Gasteiger partial charge in [-0.1, -0.05) is 269 Å². The standard InChI is InChI=1S/C71H114O6/c1-4-7-10-13-16-19-22-25-28-31-34-35-38-40-43-46-49-52-55-58-61-64-70(73)76-67-68(77-71(74)65-62-59-56-53-50-47-44-41-37-33-30-27-24-21-18-15-12-9-6-3)66-75-69(72)63-60-57-54-51-48-45-42-39-36-32-29-26-23-20-17-14-11-8-5-2/h9,12,17-18,20-21,25-30,36-37,39,41,45,47-48,50,54,56-57,59,68H,4-8,10-11,13-16,19,22-24,31-35,38,40,42-44,46,49,51-53,55,58,60-67H2,1-3H3/b12-9-,20-17-,21-18-,28-25-,29-26-,30-27-,39-36-,41-37-,48-45-,50-47-,57-54-,59-56-/t68-/m1/s1. The summed E-state index contributed by atoms with van der Waals surface area (Å²) in [4.78, 5) is 38.2. The maximum Gasteiger partial charge on any atom is 0.306 e. The molecule has 77 heavy (non-hydrogen) atoms. The Balaban J connectivity index is 4.59. The van der Waals surface area contributed by atoms with E-state index >= 15 is 0 Å². The van der Waals surface area contributed by atoms with E-state index < -0.39 is 12.1 Å². The first-order chi connectivity index (χ1) is 38.0. The highest BCUT2D eigenvalue weighted by molar-refractivity contribution is 5.71. The highest BCUT2D eigenvalue weighted by Crippen LogP contribution is 2.14. The fraction of sp³-hybridized carbons (Fsp3) is 0.620. The molecular formula is C71H114O6. The van der Waals surface area contributed by atoms with Crippen LogP contribution in [0, 0.1) is 0 Å². The third kappa shape index (κ3) is 62.0. The van der Waals surface area contributed by atoms with Gasteiger partial charge in [0.1, 0.15) is 13.2 Å². The zero-order valence-corrected chi connectivity index (χ0v) is 49.7. The zero-order valence-electron chi connectivity index (χ0n) is 49.7. The average molecular weight is 1060 g/mol. The second-order valence-electron chi connectivity index (χ2n) is 20.2. The van der Waals surface area contributed by atoms with Crippen LogP contribution in [-0.4, -0.2) is 37.2 Å². The predicted octanol–water partition coefficient (Wildman–Crippen LogP) is 21.5. The molecule has 0 radical (unpaired) electrons. The van der Waals surface area contributed by atoms with Gasteiger partial charge in [0.15, 0.2) is 6.10 Å². The Morgan fingerprint density at radius 2 is 0.532 bits per heavy atom. The van der Waals surface area contributed by atoms with Gasteiger partial charge in [-0.05, 0) is 122 Å². The van der Waals surface area contributed by atoms with E-state index in [1.165, 1.54) is 128 Å². The summed E-state index contributed by atoms with van der Waals surface area (Å²) in [6.07, 6.45) is 91.6. The molecule has 0 unspecified atom stereocenters. The van der Waals surface area contributed by atoms with E-state index in [-0.39, 0.29) is 38.0 Å². The molecule has 0 heterocycles. The van der Waals surface area contributed by atoms with Gasteiger partial charge in [0.2, 0.25) is 0 Å². The van der Waals surface area contributed by atoms with Gasteiger partial charge in [-0.2, -0.15) is 0 Å². The number of unbranched alkanes of at least 4 members (excludes halogenated alkanes) is 20. The first-order valence-corrected chi connectivity index (χ1v) is 31.3. The Morgan fingerprint density at radius 1 is 0.273 bits per heavy atom. The van der Waals surface area contributed by atoms with E-state index in [1.807, 2.05) is 24.3 Å². The lowest BCUT2D eigenvalue weighted by Gasteiger charge is -2.18. The summed E-state index contributed by atoms with van der Waals surface area (Å²) in [6.45, 7) is 6.37. The lowest BCUT2D eigenvalue weighted by molar-refractivity contribution is -0.166. The van der Waals surface area contributed by atoms with Crippen molar-refractivity contribution >= 4 is 17.9 Å². The molecule has 0 saturated carbocycles. The van der Waals surface area contributed by atoms with E-state index in [0.29, 0.717) is 19.3 Å². The molecule has 0 N–H and O–H groups in total. The van der Waals surface area contributed by atoms with Crippen LogP contribution in [0.2, 0.25) is 0 Å². The Labute approximate surface area is 474 Å². The average Bonchev–Trinajstić information content (AvgIpc) is 3.43. The van der Waals surface area contributed by atoms with Crippen LogP contribution in [-0.2, 0) is 28.6 Å². The summed E-state index contributed by atoms with van der Waals surface area (Å²) in [6, 6.07) is 0. The van der Waals surface area contributed by atoms with Crippen LogP contribution in [0.4, 0.5) is 0 Å². The minimum absolute atomic E-state index is 0.136. The summed E-state index contributed by atoms with van der Waals surface area (Å²) in [5.74, 6) is -1.11. The van der Waals surface area contributed by atoms with Gasteiger partial charge in [0, 0.05) is 19.3 Å². The zero-order chi connectivity index (χ0) is 55.7. The SMILES string of the molecule is CC/C=C\C/C=C\C/C=C\C/C=C\C/C=C\C/C=C\CCC(=O)O[C@H](COC(=O)CC/C=C\C/C=C\C/C=C\C/C=C\C/C=C\CCCCC)COC(=O)CCCCCCCCCCCCC/C=C\CCCCCCCC. The predicted molar refractivity (Wildman–Crippen MR) is 334 cm³/mol. The van der Waals surface area contributed by atoms with E-state index in [4.69, 9.17) is 14.2 Å². The Morgan fingerprint density at radius 3 is 0.909 bits per heavy atom. The summed E-state index contributed by atoms with van der Waals surface area (Å²) in [5, 5.41) is 0. The number of hydrogen-bond donors (Lipinski definition) is 0. The Bertz CT molecular complexity index is 1700. The van der Waals surface area contributed by atoms with Crippen molar-refractivity contribution in [3.63, 3.8) is 0 Å². The molecule has 0 rings (SSSR count). The maximum atomic E-state index is 12.9. The molecule has 0 aliphatic rings. The van der Waals surface area contributed by atoms with Crippen molar-refractivity contribution in [1.29, 1.82) is 0 Å². The van der Waals surface area contributed by atoms with Gasteiger partial charge in [0.25, 0.3) is 0 Å². The van der Waals surface area contributed by atoms with E-state index in [1.54, 1.807) is 0 Å². The third-order valence-electron chi connectivity index (χ3n) is 12.8. The normalized spacial score (nSPS) is 13.1. The molecule has 6 heteroatoms. The fourth-order valence-corrected chi connectivity index (χ4v) is 8.15. The molecule has 1 atom stereocenters.